The fourth-order valence-electron chi connectivity index (χ4n) is 2.56. The summed E-state index contributed by atoms with van der Waals surface area (Å²) in [6.07, 6.45) is 6.69. The zero-order valence-electron chi connectivity index (χ0n) is 11.7. The molecule has 0 spiro atoms. The van der Waals surface area contributed by atoms with Gasteiger partial charge in [0, 0.05) is 19.6 Å². The SMILES string of the molecule is CCCC1CCN(C(=O)c2cncc(NCC)n2)C1. The summed E-state index contributed by atoms with van der Waals surface area (Å²) in [5.41, 5.74) is 0.440. The summed E-state index contributed by atoms with van der Waals surface area (Å²) in [4.78, 5) is 22.6. The van der Waals surface area contributed by atoms with E-state index in [1.54, 1.807) is 12.4 Å². The van der Waals surface area contributed by atoms with Gasteiger partial charge in [0.25, 0.3) is 5.91 Å². The lowest BCUT2D eigenvalue weighted by atomic mass is 10.0. The van der Waals surface area contributed by atoms with Crippen LogP contribution in [0.3, 0.4) is 0 Å². The van der Waals surface area contributed by atoms with Gasteiger partial charge in [-0.15, -0.1) is 0 Å². The van der Waals surface area contributed by atoms with Crippen LogP contribution in [-0.2, 0) is 0 Å². The van der Waals surface area contributed by atoms with E-state index in [0.29, 0.717) is 17.4 Å². The quantitative estimate of drug-likeness (QED) is 0.883. The van der Waals surface area contributed by atoms with Crippen LogP contribution in [0.4, 0.5) is 5.82 Å². The number of aromatic nitrogens is 2. The van der Waals surface area contributed by atoms with Crippen LogP contribution in [0.2, 0.25) is 0 Å². The third kappa shape index (κ3) is 3.43. The summed E-state index contributed by atoms with van der Waals surface area (Å²) in [7, 11) is 0. The number of rotatable bonds is 5. The third-order valence-corrected chi connectivity index (χ3v) is 3.48. The Morgan fingerprint density at radius 3 is 3.05 bits per heavy atom. The van der Waals surface area contributed by atoms with E-state index in [4.69, 9.17) is 0 Å². The first kappa shape index (κ1) is 13.8. The number of hydrogen-bond donors (Lipinski definition) is 1. The Balaban J connectivity index is 2.01. The number of nitrogens with zero attached hydrogens (tertiary/aromatic N) is 3. The van der Waals surface area contributed by atoms with Crippen LogP contribution >= 0.6 is 0 Å². The molecule has 1 aromatic rings. The van der Waals surface area contributed by atoms with Gasteiger partial charge in [-0.1, -0.05) is 13.3 Å². The lowest BCUT2D eigenvalue weighted by molar-refractivity contribution is 0.0780. The van der Waals surface area contributed by atoms with Gasteiger partial charge in [-0.05, 0) is 25.7 Å². The average Bonchev–Trinajstić information content (AvgIpc) is 2.88. The molecule has 0 radical (unpaired) electrons. The van der Waals surface area contributed by atoms with Gasteiger partial charge in [0.2, 0.25) is 0 Å². The highest BCUT2D eigenvalue weighted by Gasteiger charge is 2.27. The van der Waals surface area contributed by atoms with E-state index in [1.807, 2.05) is 11.8 Å². The van der Waals surface area contributed by atoms with Gasteiger partial charge in [0.1, 0.15) is 11.5 Å². The number of hydrogen-bond acceptors (Lipinski definition) is 4. The zero-order chi connectivity index (χ0) is 13.7. The van der Waals surface area contributed by atoms with Crippen LogP contribution in [0.15, 0.2) is 12.4 Å². The van der Waals surface area contributed by atoms with Crippen LogP contribution in [0, 0.1) is 5.92 Å². The maximum atomic E-state index is 12.3. The van der Waals surface area contributed by atoms with Crippen LogP contribution in [0.1, 0.15) is 43.6 Å². The molecule has 2 rings (SSSR count). The molecular weight excluding hydrogens is 240 g/mol. The van der Waals surface area contributed by atoms with Crippen LogP contribution in [0.25, 0.3) is 0 Å². The Hall–Kier alpha value is -1.65. The Kier molecular flexibility index (Phi) is 4.71. The maximum Gasteiger partial charge on any atom is 0.274 e. The second kappa shape index (κ2) is 6.50. The summed E-state index contributed by atoms with van der Waals surface area (Å²) in [5.74, 6) is 1.32. The minimum absolute atomic E-state index is 0.00542. The molecule has 19 heavy (non-hydrogen) atoms. The van der Waals surface area contributed by atoms with E-state index in [9.17, 15) is 4.79 Å². The molecule has 0 saturated carbocycles. The first-order valence-corrected chi connectivity index (χ1v) is 7.09. The van der Waals surface area contributed by atoms with Crippen molar-refractivity contribution in [1.82, 2.24) is 14.9 Å². The summed E-state index contributed by atoms with van der Waals surface area (Å²) in [5, 5.41) is 3.08. The highest BCUT2D eigenvalue weighted by atomic mass is 16.2. The molecule has 2 heterocycles. The molecule has 1 aliphatic rings. The van der Waals surface area contributed by atoms with E-state index in [2.05, 4.69) is 22.2 Å². The number of carbonyl (C=O) groups is 1. The first-order valence-electron chi connectivity index (χ1n) is 7.09. The van der Waals surface area contributed by atoms with Crippen LogP contribution < -0.4 is 5.32 Å². The van der Waals surface area contributed by atoms with E-state index >= 15 is 0 Å². The lowest BCUT2D eigenvalue weighted by Gasteiger charge is -2.16. The molecule has 1 unspecified atom stereocenters. The van der Waals surface area contributed by atoms with Crippen molar-refractivity contribution < 1.29 is 4.79 Å². The summed E-state index contributed by atoms with van der Waals surface area (Å²) < 4.78 is 0. The highest BCUT2D eigenvalue weighted by Crippen LogP contribution is 2.22. The van der Waals surface area contributed by atoms with E-state index in [-0.39, 0.29) is 5.91 Å². The van der Waals surface area contributed by atoms with Gasteiger partial charge in [0.15, 0.2) is 0 Å². The molecule has 1 aromatic heterocycles. The molecule has 1 aliphatic heterocycles. The van der Waals surface area contributed by atoms with Crippen LogP contribution in [0.5, 0.6) is 0 Å². The Bertz CT molecular complexity index is 435. The fraction of sp³-hybridized carbons (Fsp3) is 0.643. The topological polar surface area (TPSA) is 58.1 Å². The lowest BCUT2D eigenvalue weighted by Crippen LogP contribution is -2.29. The molecule has 0 aliphatic carbocycles. The van der Waals surface area contributed by atoms with Gasteiger partial charge in [-0.25, -0.2) is 4.98 Å². The van der Waals surface area contributed by atoms with Crippen molar-refractivity contribution >= 4 is 11.7 Å². The number of amides is 1. The van der Waals surface area contributed by atoms with E-state index in [1.165, 1.54) is 12.8 Å². The molecule has 1 N–H and O–H groups in total. The van der Waals surface area contributed by atoms with Crippen LogP contribution in [-0.4, -0.2) is 40.4 Å². The molecule has 1 fully saturated rings. The molecule has 0 aromatic carbocycles. The van der Waals surface area contributed by atoms with E-state index < -0.39 is 0 Å². The first-order chi connectivity index (χ1) is 9.24. The standard InChI is InChI=1S/C14H22N4O/c1-3-5-11-6-7-18(10-11)14(19)12-8-15-9-13(17-12)16-4-2/h8-9,11H,3-7,10H2,1-2H3,(H,16,17). The molecule has 5 nitrogen and oxygen atoms in total. The van der Waals surface area contributed by atoms with Gasteiger partial charge in [-0.3, -0.25) is 9.78 Å². The number of nitrogens with one attached hydrogen (secondary N) is 1. The fourth-order valence-corrected chi connectivity index (χ4v) is 2.56. The second-order valence-corrected chi connectivity index (χ2v) is 5.01. The van der Waals surface area contributed by atoms with Gasteiger partial charge in [-0.2, -0.15) is 0 Å². The molecule has 1 saturated heterocycles. The Labute approximate surface area is 114 Å². The van der Waals surface area contributed by atoms with Crippen molar-refractivity contribution in [3.63, 3.8) is 0 Å². The smallest absolute Gasteiger partial charge is 0.274 e. The van der Waals surface area contributed by atoms with Crippen molar-refractivity contribution in [3.05, 3.63) is 18.1 Å². The Morgan fingerprint density at radius 2 is 2.32 bits per heavy atom. The van der Waals surface area contributed by atoms with Crippen molar-refractivity contribution in [2.75, 3.05) is 25.0 Å². The number of likely N-dealkylation sites (tertiary alicyclic amines) is 1. The van der Waals surface area contributed by atoms with Gasteiger partial charge < -0.3 is 10.2 Å². The third-order valence-electron chi connectivity index (χ3n) is 3.48. The molecular formula is C14H22N4O. The highest BCUT2D eigenvalue weighted by molar-refractivity contribution is 5.92. The predicted molar refractivity (Wildman–Crippen MR) is 75.1 cm³/mol. The number of carbonyl (C=O) groups excluding carboxylic acids is 1. The van der Waals surface area contributed by atoms with E-state index in [0.717, 1.165) is 26.1 Å². The summed E-state index contributed by atoms with van der Waals surface area (Å²) in [6, 6.07) is 0. The van der Waals surface area contributed by atoms with Crippen molar-refractivity contribution in [3.8, 4) is 0 Å². The predicted octanol–water partition coefficient (Wildman–Crippen LogP) is 2.17. The molecule has 1 amide bonds. The summed E-state index contributed by atoms with van der Waals surface area (Å²) >= 11 is 0. The maximum absolute atomic E-state index is 12.3. The monoisotopic (exact) mass is 262 g/mol. The minimum atomic E-state index is 0.00542. The summed E-state index contributed by atoms with van der Waals surface area (Å²) in [6.45, 7) is 6.66. The molecule has 0 bridgehead atoms. The zero-order valence-corrected chi connectivity index (χ0v) is 11.7. The second-order valence-electron chi connectivity index (χ2n) is 5.01. The molecule has 5 heteroatoms. The number of anilines is 1. The average molecular weight is 262 g/mol. The normalized spacial score (nSPS) is 18.6. The van der Waals surface area contributed by atoms with Gasteiger partial charge in [0.05, 0.1) is 12.4 Å². The minimum Gasteiger partial charge on any atom is -0.369 e. The molecule has 104 valence electrons. The van der Waals surface area contributed by atoms with Gasteiger partial charge >= 0.3 is 0 Å². The van der Waals surface area contributed by atoms with Crippen molar-refractivity contribution in [1.29, 1.82) is 0 Å². The van der Waals surface area contributed by atoms with Crippen molar-refractivity contribution in [2.45, 2.75) is 33.1 Å². The van der Waals surface area contributed by atoms with Crippen molar-refractivity contribution in [2.24, 2.45) is 5.92 Å². The molecule has 1 atom stereocenters. The Morgan fingerprint density at radius 1 is 1.47 bits per heavy atom. The largest absolute Gasteiger partial charge is 0.369 e.